The molecule has 49 heavy (non-hydrogen) atoms. The fourth-order valence-corrected chi connectivity index (χ4v) is 9.38. The number of hydrogen-bond donors (Lipinski definition) is 0. The van der Waals surface area contributed by atoms with Crippen molar-refractivity contribution in [1.29, 1.82) is 0 Å². The highest BCUT2D eigenvalue weighted by atomic mass is 16.6. The summed E-state index contributed by atoms with van der Waals surface area (Å²) in [6, 6.07) is 23.8. The lowest BCUT2D eigenvalue weighted by molar-refractivity contribution is -0.224. The minimum atomic E-state index is -0.880. The van der Waals surface area contributed by atoms with Gasteiger partial charge in [0.15, 0.2) is 11.5 Å². The van der Waals surface area contributed by atoms with Crippen molar-refractivity contribution < 1.29 is 28.6 Å². The first-order valence-corrected chi connectivity index (χ1v) is 17.7. The summed E-state index contributed by atoms with van der Waals surface area (Å²) >= 11 is 0. The highest BCUT2D eigenvalue weighted by molar-refractivity contribution is 5.92. The summed E-state index contributed by atoms with van der Waals surface area (Å²) in [5.74, 6) is 0.311. The molecule has 2 heterocycles. The fourth-order valence-electron chi connectivity index (χ4n) is 9.38. The van der Waals surface area contributed by atoms with Gasteiger partial charge in [-0.3, -0.25) is 19.3 Å². The number of piperidine rings is 1. The van der Waals surface area contributed by atoms with Crippen LogP contribution in [-0.2, 0) is 37.4 Å². The molecule has 1 amide bonds. The molecular weight excluding hydrogens is 616 g/mol. The van der Waals surface area contributed by atoms with Crippen LogP contribution in [0, 0.1) is 5.92 Å². The van der Waals surface area contributed by atoms with Crippen molar-refractivity contribution >= 4 is 23.9 Å². The molecule has 5 atom stereocenters. The van der Waals surface area contributed by atoms with E-state index in [1.807, 2.05) is 53.4 Å². The van der Waals surface area contributed by atoms with E-state index in [0.29, 0.717) is 43.7 Å². The van der Waals surface area contributed by atoms with Gasteiger partial charge in [0.2, 0.25) is 5.91 Å². The Morgan fingerprint density at radius 2 is 1.71 bits per heavy atom. The molecule has 0 N–H and O–H groups in total. The average molecular weight is 663 g/mol. The third kappa shape index (κ3) is 5.74. The van der Waals surface area contributed by atoms with Gasteiger partial charge < -0.3 is 19.1 Å². The average Bonchev–Trinajstić information content (AvgIpc) is 3.43. The number of nitrogens with zero attached hydrogens (tertiary/aromatic N) is 2. The molecule has 2 aliphatic carbocycles. The molecule has 2 bridgehead atoms. The van der Waals surface area contributed by atoms with Crippen molar-refractivity contribution in [3.05, 3.63) is 101 Å². The van der Waals surface area contributed by atoms with E-state index in [2.05, 4.69) is 49.1 Å². The van der Waals surface area contributed by atoms with Crippen LogP contribution in [0.1, 0.15) is 69.2 Å². The normalized spacial score (nSPS) is 26.6. The summed E-state index contributed by atoms with van der Waals surface area (Å²) in [4.78, 5) is 44.2. The third-order valence-corrected chi connectivity index (χ3v) is 11.1. The van der Waals surface area contributed by atoms with E-state index in [1.54, 1.807) is 6.08 Å². The van der Waals surface area contributed by atoms with Crippen LogP contribution >= 0.6 is 0 Å². The highest BCUT2D eigenvalue weighted by Crippen LogP contribution is 2.67. The summed E-state index contributed by atoms with van der Waals surface area (Å²) in [7, 11) is 0. The second-order valence-electron chi connectivity index (χ2n) is 14.5. The van der Waals surface area contributed by atoms with E-state index < -0.39 is 23.1 Å². The van der Waals surface area contributed by atoms with Gasteiger partial charge in [-0.2, -0.15) is 0 Å². The first kappa shape index (κ1) is 33.1. The number of ether oxygens (including phenoxy) is 3. The predicted molar refractivity (Wildman–Crippen MR) is 187 cm³/mol. The maximum atomic E-state index is 14.2. The Labute approximate surface area is 289 Å². The second kappa shape index (κ2) is 13.1. The Bertz CT molecular complexity index is 1760. The topological polar surface area (TPSA) is 85.4 Å². The molecular formula is C41H46N2O6. The van der Waals surface area contributed by atoms with Crippen LogP contribution in [0.4, 0.5) is 0 Å². The minimum absolute atomic E-state index is 0.0772. The van der Waals surface area contributed by atoms with E-state index in [4.69, 9.17) is 14.2 Å². The van der Waals surface area contributed by atoms with E-state index in [0.717, 1.165) is 36.2 Å². The van der Waals surface area contributed by atoms with Gasteiger partial charge in [-0.15, -0.1) is 0 Å². The quantitative estimate of drug-likeness (QED) is 0.146. The van der Waals surface area contributed by atoms with Crippen molar-refractivity contribution in [2.75, 3.05) is 19.6 Å². The lowest BCUT2D eigenvalue weighted by Gasteiger charge is -2.65. The fraction of sp³-hybridized carbons (Fsp3) is 0.439. The van der Waals surface area contributed by atoms with Crippen molar-refractivity contribution in [3.63, 3.8) is 0 Å². The number of hydrogen-bond acceptors (Lipinski definition) is 7. The Morgan fingerprint density at radius 1 is 0.980 bits per heavy atom. The molecule has 8 heteroatoms. The lowest BCUT2D eigenvalue weighted by atomic mass is 9.48. The van der Waals surface area contributed by atoms with Crippen LogP contribution in [0.3, 0.4) is 0 Å². The first-order valence-electron chi connectivity index (χ1n) is 17.7. The van der Waals surface area contributed by atoms with E-state index >= 15 is 0 Å². The predicted octanol–water partition coefficient (Wildman–Crippen LogP) is 6.15. The van der Waals surface area contributed by atoms with Crippen molar-refractivity contribution in [2.45, 2.75) is 89.0 Å². The lowest BCUT2D eigenvalue weighted by Crippen LogP contribution is -2.79. The Balaban J connectivity index is 1.34. The number of carbonyl (C=O) groups excluding carboxylic acids is 3. The smallest absolute Gasteiger partial charge is 0.308 e. The summed E-state index contributed by atoms with van der Waals surface area (Å²) < 4.78 is 19.5. The molecule has 1 unspecified atom stereocenters. The molecule has 0 aromatic heterocycles. The zero-order valence-electron chi connectivity index (χ0n) is 28.9. The Kier molecular flexibility index (Phi) is 8.86. The van der Waals surface area contributed by atoms with E-state index in [-0.39, 0.29) is 29.9 Å². The van der Waals surface area contributed by atoms with Crippen molar-refractivity contribution in [2.24, 2.45) is 5.92 Å². The molecule has 2 fully saturated rings. The van der Waals surface area contributed by atoms with Gasteiger partial charge in [0.05, 0.1) is 17.5 Å². The van der Waals surface area contributed by atoms with Crippen LogP contribution in [0.15, 0.2) is 78.9 Å². The van der Waals surface area contributed by atoms with Crippen molar-refractivity contribution in [3.8, 4) is 11.5 Å². The second-order valence-corrected chi connectivity index (χ2v) is 14.5. The molecule has 1 saturated carbocycles. The number of benzene rings is 3. The molecule has 4 aliphatic rings. The van der Waals surface area contributed by atoms with Gasteiger partial charge in [0.25, 0.3) is 0 Å². The van der Waals surface area contributed by atoms with Crippen LogP contribution in [0.5, 0.6) is 11.5 Å². The van der Waals surface area contributed by atoms with E-state index in [9.17, 15) is 14.4 Å². The molecule has 1 saturated heterocycles. The molecule has 2 aliphatic heterocycles. The molecule has 0 radical (unpaired) electrons. The first-order chi connectivity index (χ1) is 23.6. The molecule has 3 aromatic rings. The van der Waals surface area contributed by atoms with E-state index in [1.165, 1.54) is 19.4 Å². The molecule has 1 spiro atoms. The van der Waals surface area contributed by atoms with Gasteiger partial charge >= 0.3 is 11.9 Å². The maximum absolute atomic E-state index is 14.2. The largest absolute Gasteiger partial charge is 0.483 e. The van der Waals surface area contributed by atoms with Gasteiger partial charge in [0.1, 0.15) is 11.7 Å². The zero-order valence-corrected chi connectivity index (χ0v) is 28.9. The zero-order chi connectivity index (χ0) is 34.3. The standard InChI is InChI=1S/C41H46N2O6/c1-27(2)26-43(36(46)18-15-30-11-7-5-8-12-30)33-19-21-41(49-29(4)45)35-25-32-16-17-34(47-28(3)44)38-37(32)40(41,39(33)48-38)22-24-42(35)23-20-31-13-9-6-10-14-31/h5-18,27,33,35,39H,19-26H2,1-4H3/t33-,35+,39-,40-,41?/m0/s1. The van der Waals surface area contributed by atoms with Crippen LogP contribution in [0.25, 0.3) is 6.08 Å². The number of esters is 2. The van der Waals surface area contributed by atoms with Gasteiger partial charge in [-0.1, -0.05) is 80.6 Å². The SMILES string of the molecule is CC(=O)Oc1ccc2c3c1O[C@H]1[C@@H](N(CC(C)C)C(=O)C=Cc4ccccc4)CCC4(OC(C)=O)[C@@H](C2)N(CCc2ccccc2)CC[C@]314. The number of likely N-dealkylation sites (tertiary alicyclic amines) is 1. The monoisotopic (exact) mass is 662 g/mol. The summed E-state index contributed by atoms with van der Waals surface area (Å²) in [5, 5.41) is 0. The van der Waals surface area contributed by atoms with Gasteiger partial charge in [-0.05, 0) is 73.4 Å². The summed E-state index contributed by atoms with van der Waals surface area (Å²) in [6.07, 6.45) is 6.47. The summed E-state index contributed by atoms with van der Waals surface area (Å²) in [6.45, 7) is 9.30. The number of rotatable bonds is 10. The van der Waals surface area contributed by atoms with Gasteiger partial charge in [0, 0.05) is 38.6 Å². The highest BCUT2D eigenvalue weighted by Gasteiger charge is 2.75. The van der Waals surface area contributed by atoms with Crippen LogP contribution in [0.2, 0.25) is 0 Å². The molecule has 8 nitrogen and oxygen atoms in total. The Morgan fingerprint density at radius 3 is 2.41 bits per heavy atom. The third-order valence-electron chi connectivity index (χ3n) is 11.1. The van der Waals surface area contributed by atoms with Crippen LogP contribution in [-0.4, -0.2) is 71.1 Å². The van der Waals surface area contributed by atoms with Crippen molar-refractivity contribution in [1.82, 2.24) is 9.80 Å². The number of carbonyl (C=O) groups is 3. The molecule has 256 valence electrons. The summed E-state index contributed by atoms with van der Waals surface area (Å²) in [5.41, 5.74) is 2.72. The molecule has 3 aromatic carbocycles. The van der Waals surface area contributed by atoms with Gasteiger partial charge in [-0.25, -0.2) is 0 Å². The maximum Gasteiger partial charge on any atom is 0.308 e. The molecule has 7 rings (SSSR count). The van der Waals surface area contributed by atoms with Crippen LogP contribution < -0.4 is 9.47 Å². The Hall–Kier alpha value is -4.43. The minimum Gasteiger partial charge on any atom is -0.483 e. The number of amides is 1.